The van der Waals surface area contributed by atoms with Gasteiger partial charge >= 0.3 is 11.0 Å². The Labute approximate surface area is 254 Å². The minimum Gasteiger partial charge on any atom is -0.483 e. The van der Waals surface area contributed by atoms with Gasteiger partial charge in [-0.1, -0.05) is 45.1 Å². The average molecular weight is 683 g/mol. The molecule has 2 unspecified atom stereocenters. The number of nitrogens with one attached hydrogen (secondary N) is 1. The molecule has 4 heterocycles. The predicted octanol–water partition coefficient (Wildman–Crippen LogP) is 5.40. The number of thiazole rings is 1. The number of amides is 3. The second-order valence-corrected chi connectivity index (χ2v) is 13.3. The van der Waals surface area contributed by atoms with Crippen LogP contribution >= 0.6 is 39.0 Å². The fourth-order valence-corrected chi connectivity index (χ4v) is 8.58. The van der Waals surface area contributed by atoms with Crippen molar-refractivity contribution in [2.75, 3.05) is 24.6 Å². The van der Waals surface area contributed by atoms with Crippen molar-refractivity contribution in [2.45, 2.75) is 41.6 Å². The van der Waals surface area contributed by atoms with E-state index in [-0.39, 0.29) is 23.1 Å². The van der Waals surface area contributed by atoms with E-state index >= 15 is 0 Å². The number of halogens is 4. The summed E-state index contributed by atoms with van der Waals surface area (Å²) in [5, 5.41) is -0.588. The van der Waals surface area contributed by atoms with Gasteiger partial charge in [0.1, 0.15) is 11.0 Å². The van der Waals surface area contributed by atoms with Gasteiger partial charge in [0.2, 0.25) is 11.8 Å². The van der Waals surface area contributed by atoms with E-state index in [9.17, 15) is 32.3 Å². The van der Waals surface area contributed by atoms with E-state index in [2.05, 4.69) is 20.9 Å². The van der Waals surface area contributed by atoms with Gasteiger partial charge in [0.15, 0.2) is 6.61 Å². The monoisotopic (exact) mass is 681 g/mol. The number of fused-ring (bicyclic) bond motifs is 2. The van der Waals surface area contributed by atoms with Crippen LogP contribution in [0.2, 0.25) is 0 Å². The molecule has 14 heteroatoms. The normalized spacial score (nSPS) is 22.2. The molecule has 2 aromatic carbocycles. The van der Waals surface area contributed by atoms with Gasteiger partial charge in [-0.3, -0.25) is 19.2 Å². The summed E-state index contributed by atoms with van der Waals surface area (Å²) in [6, 6.07) is 9.19. The molecule has 220 valence electrons. The lowest BCUT2D eigenvalue weighted by atomic mass is 9.82. The quantitative estimate of drug-likeness (QED) is 0.362. The molecule has 3 atom stereocenters. The Morgan fingerprint density at radius 2 is 1.81 bits per heavy atom. The van der Waals surface area contributed by atoms with Crippen LogP contribution < -0.4 is 14.5 Å². The number of anilines is 1. The van der Waals surface area contributed by atoms with Crippen molar-refractivity contribution in [1.29, 1.82) is 0 Å². The molecule has 0 radical (unpaired) electrons. The van der Waals surface area contributed by atoms with Crippen molar-refractivity contribution in [3.05, 3.63) is 72.6 Å². The first-order chi connectivity index (χ1) is 20.0. The summed E-state index contributed by atoms with van der Waals surface area (Å²) in [6.07, 6.45) is -1.75. The molecule has 0 saturated carbocycles. The standard InChI is InChI=1S/C28H23BrF3N3O5S2/c29-15-7-8-18(40-13-19(36)34-9-2-1-3-10-34)17(12-15)20-21-23(41-24-22(20)42-27(39)33-24)26(38)35(25(21)37)16-6-4-5-14(11-16)28(30,31)32/h4-8,11-12,20-21,23H,1-3,9-10,13H2,(H,33,39)/t20-,21?,23?/m1/s1. The number of carbonyl (C=O) groups is 3. The number of likely N-dealkylation sites (tertiary alicyclic amines) is 1. The lowest BCUT2D eigenvalue weighted by Crippen LogP contribution is -2.38. The first-order valence-corrected chi connectivity index (χ1v) is 15.7. The Morgan fingerprint density at radius 3 is 2.55 bits per heavy atom. The number of hydrogen-bond donors (Lipinski definition) is 1. The van der Waals surface area contributed by atoms with Crippen LogP contribution in [0.25, 0.3) is 0 Å². The SMILES string of the molecule is O=C(COc1ccc(Br)cc1[C@H]1c2sc(=O)[nH]c2SC2C(=O)N(c3cccc(C(F)(F)F)c3)C(=O)C21)N1CCCCC1. The van der Waals surface area contributed by atoms with Crippen LogP contribution in [0.4, 0.5) is 18.9 Å². The third-order valence-electron chi connectivity index (χ3n) is 7.62. The van der Waals surface area contributed by atoms with Crippen LogP contribution in [-0.4, -0.2) is 52.6 Å². The van der Waals surface area contributed by atoms with Crippen LogP contribution in [0.3, 0.4) is 0 Å². The number of nitrogens with zero attached hydrogens (tertiary/aromatic N) is 2. The molecule has 3 aromatic rings. The second-order valence-electron chi connectivity index (χ2n) is 10.2. The maximum Gasteiger partial charge on any atom is 0.416 e. The number of benzene rings is 2. The number of rotatable bonds is 5. The van der Waals surface area contributed by atoms with Crippen LogP contribution in [0.15, 0.2) is 56.8 Å². The highest BCUT2D eigenvalue weighted by Crippen LogP contribution is 2.55. The van der Waals surface area contributed by atoms with E-state index in [0.717, 1.165) is 65.5 Å². The molecule has 1 aromatic heterocycles. The number of aromatic amines is 1. The largest absolute Gasteiger partial charge is 0.483 e. The van der Waals surface area contributed by atoms with E-state index in [1.54, 1.807) is 23.1 Å². The third kappa shape index (κ3) is 5.28. The molecular weight excluding hydrogens is 659 g/mol. The predicted molar refractivity (Wildman–Crippen MR) is 154 cm³/mol. The molecule has 42 heavy (non-hydrogen) atoms. The average Bonchev–Trinajstić information content (AvgIpc) is 3.46. The molecule has 0 aliphatic carbocycles. The van der Waals surface area contributed by atoms with E-state index in [1.807, 2.05) is 0 Å². The zero-order valence-electron chi connectivity index (χ0n) is 21.8. The Balaban J connectivity index is 1.39. The van der Waals surface area contributed by atoms with Crippen LogP contribution in [-0.2, 0) is 20.6 Å². The summed E-state index contributed by atoms with van der Waals surface area (Å²) in [7, 11) is 0. The molecule has 0 bridgehead atoms. The minimum atomic E-state index is -4.66. The van der Waals surface area contributed by atoms with Gasteiger partial charge in [0.05, 0.1) is 22.2 Å². The van der Waals surface area contributed by atoms with Crippen molar-refractivity contribution in [3.63, 3.8) is 0 Å². The van der Waals surface area contributed by atoms with Crippen LogP contribution in [0, 0.1) is 5.92 Å². The minimum absolute atomic E-state index is 0.171. The summed E-state index contributed by atoms with van der Waals surface area (Å²) in [4.78, 5) is 58.4. The number of piperidine rings is 1. The zero-order chi connectivity index (χ0) is 29.8. The summed E-state index contributed by atoms with van der Waals surface area (Å²) < 4.78 is 47.0. The molecular formula is C28H23BrF3N3O5S2. The number of carbonyl (C=O) groups excluding carboxylic acids is 3. The smallest absolute Gasteiger partial charge is 0.416 e. The first kappa shape index (κ1) is 29.0. The van der Waals surface area contributed by atoms with Crippen LogP contribution in [0.1, 0.15) is 41.2 Å². The fourth-order valence-electron chi connectivity index (χ4n) is 5.70. The van der Waals surface area contributed by atoms with Gasteiger partial charge in [0.25, 0.3) is 5.91 Å². The second kappa shape index (κ2) is 11.2. The highest BCUT2D eigenvalue weighted by atomic mass is 79.9. The summed E-state index contributed by atoms with van der Waals surface area (Å²) in [5.41, 5.74) is -0.679. The van der Waals surface area contributed by atoms with E-state index < -0.39 is 40.6 Å². The molecule has 6 rings (SSSR count). The molecule has 2 saturated heterocycles. The van der Waals surface area contributed by atoms with Gasteiger partial charge < -0.3 is 14.6 Å². The summed E-state index contributed by atoms with van der Waals surface area (Å²) in [5.74, 6) is -3.08. The zero-order valence-corrected chi connectivity index (χ0v) is 25.0. The number of H-pyrrole nitrogens is 1. The number of aromatic nitrogens is 1. The molecule has 2 fully saturated rings. The molecule has 3 aliphatic rings. The third-order valence-corrected chi connectivity index (χ3v) is 10.5. The number of imide groups is 1. The molecule has 3 amide bonds. The number of thioether (sulfide) groups is 1. The number of ether oxygens (including phenoxy) is 1. The molecule has 8 nitrogen and oxygen atoms in total. The van der Waals surface area contributed by atoms with E-state index in [0.29, 0.717) is 38.8 Å². The Bertz CT molecular complexity index is 1640. The molecule has 3 aliphatic heterocycles. The van der Waals surface area contributed by atoms with Crippen molar-refractivity contribution in [1.82, 2.24) is 9.88 Å². The summed E-state index contributed by atoms with van der Waals surface area (Å²) >= 11 is 5.38. The van der Waals surface area contributed by atoms with Gasteiger partial charge in [-0.2, -0.15) is 13.2 Å². The highest BCUT2D eigenvalue weighted by Gasteiger charge is 2.57. The van der Waals surface area contributed by atoms with Crippen molar-refractivity contribution in [2.24, 2.45) is 5.92 Å². The Hall–Kier alpha value is -3.10. The topological polar surface area (TPSA) is 99.8 Å². The Kier molecular flexibility index (Phi) is 7.73. The number of alkyl halides is 3. The maximum absolute atomic E-state index is 14.0. The molecule has 0 spiro atoms. The van der Waals surface area contributed by atoms with Crippen molar-refractivity contribution >= 4 is 62.4 Å². The van der Waals surface area contributed by atoms with Crippen molar-refractivity contribution in [3.8, 4) is 5.75 Å². The van der Waals surface area contributed by atoms with Crippen LogP contribution in [0.5, 0.6) is 5.75 Å². The van der Waals surface area contributed by atoms with Gasteiger partial charge in [-0.25, -0.2) is 4.90 Å². The van der Waals surface area contributed by atoms with Gasteiger partial charge in [-0.15, -0.1) is 0 Å². The van der Waals surface area contributed by atoms with Gasteiger partial charge in [0, 0.05) is 33.9 Å². The summed E-state index contributed by atoms with van der Waals surface area (Å²) in [6.45, 7) is 1.08. The van der Waals surface area contributed by atoms with Gasteiger partial charge in [-0.05, 0) is 55.7 Å². The fraction of sp³-hybridized carbons (Fsp3) is 0.357. The maximum atomic E-state index is 14.0. The Morgan fingerprint density at radius 1 is 1.05 bits per heavy atom. The lowest BCUT2D eigenvalue weighted by molar-refractivity contribution is -0.137. The molecule has 1 N–H and O–H groups in total. The first-order valence-electron chi connectivity index (χ1n) is 13.2. The highest BCUT2D eigenvalue weighted by molar-refractivity contribution is 9.10. The lowest BCUT2D eigenvalue weighted by Gasteiger charge is -2.31. The van der Waals surface area contributed by atoms with Crippen molar-refractivity contribution < 1.29 is 32.3 Å². The number of hydrogen-bond acceptors (Lipinski definition) is 7. The van der Waals surface area contributed by atoms with E-state index in [1.165, 1.54) is 6.07 Å². The van der Waals surface area contributed by atoms with E-state index in [4.69, 9.17) is 4.74 Å².